The van der Waals surface area contributed by atoms with Gasteiger partial charge in [-0.15, -0.1) is 0 Å². The fourth-order valence-electron chi connectivity index (χ4n) is 4.01. The maximum atomic E-state index is 12.8. The van der Waals surface area contributed by atoms with Gasteiger partial charge in [0, 0.05) is 17.9 Å². The predicted molar refractivity (Wildman–Crippen MR) is 140 cm³/mol. The fraction of sp³-hybridized carbons (Fsp3) is 0.231. The molecule has 2 amide bonds. The monoisotopic (exact) mass is 540 g/mol. The largest absolute Gasteiger partial charge is 0.424 e. The Labute approximate surface area is 220 Å². The van der Waals surface area contributed by atoms with Crippen molar-refractivity contribution in [2.45, 2.75) is 37.9 Å². The minimum Gasteiger partial charge on any atom is -0.424 e. The van der Waals surface area contributed by atoms with Crippen LogP contribution in [-0.4, -0.2) is 27.0 Å². The van der Waals surface area contributed by atoms with Crippen molar-refractivity contribution < 1.29 is 22.7 Å². The summed E-state index contributed by atoms with van der Waals surface area (Å²) in [7, 11) is 0. The van der Waals surface area contributed by atoms with Gasteiger partial charge in [0.15, 0.2) is 5.13 Å². The molecule has 0 saturated heterocycles. The molecule has 0 spiro atoms. The first-order chi connectivity index (χ1) is 18.3. The number of ether oxygens (including phenoxy) is 1. The van der Waals surface area contributed by atoms with E-state index < -0.39 is 17.8 Å². The topological polar surface area (TPSA) is 101 Å². The molecule has 1 saturated carbocycles. The summed E-state index contributed by atoms with van der Waals surface area (Å²) < 4.78 is 44.2. The molecule has 8 nitrogen and oxygen atoms in total. The predicted octanol–water partition coefficient (Wildman–Crippen LogP) is 7.41. The van der Waals surface area contributed by atoms with Crippen LogP contribution in [-0.2, 0) is 6.18 Å². The molecular weight excluding hydrogens is 517 g/mol. The highest BCUT2D eigenvalue weighted by molar-refractivity contribution is 7.18. The molecule has 1 aliphatic carbocycles. The average molecular weight is 541 g/mol. The van der Waals surface area contributed by atoms with Crippen LogP contribution in [0.25, 0.3) is 10.4 Å². The van der Waals surface area contributed by atoms with Gasteiger partial charge in [0.05, 0.1) is 28.5 Å². The molecule has 0 aliphatic heterocycles. The minimum absolute atomic E-state index is 0.00118. The number of carbonyl (C=O) groups excluding carboxylic acids is 1. The molecule has 12 heteroatoms. The van der Waals surface area contributed by atoms with E-state index in [9.17, 15) is 18.0 Å². The summed E-state index contributed by atoms with van der Waals surface area (Å²) in [5.74, 6) is 0.533. The van der Waals surface area contributed by atoms with Crippen LogP contribution >= 0.6 is 11.3 Å². The SMILES string of the molecule is O=C(Nc1cnc(Oc2ccc(-c3cnc(NC4CCCC4)s3)cc2)nc1)Nc1cccc(C(F)(F)F)c1. The van der Waals surface area contributed by atoms with Crippen molar-refractivity contribution in [1.29, 1.82) is 0 Å². The van der Waals surface area contributed by atoms with E-state index in [0.29, 0.717) is 11.8 Å². The molecule has 2 aromatic carbocycles. The highest BCUT2D eigenvalue weighted by atomic mass is 32.1. The van der Waals surface area contributed by atoms with Gasteiger partial charge >= 0.3 is 18.2 Å². The standard InChI is InChI=1S/C26H23F3N6O2S/c27-26(28,29)17-4-3-7-19(12-17)33-23(36)34-20-13-30-24(31-14-20)37-21-10-8-16(9-11-21)22-15-32-25(38-22)35-18-5-1-2-6-18/h3-4,7-15,18H,1-2,5-6H2,(H,32,35)(H2,33,34,36). The van der Waals surface area contributed by atoms with Crippen molar-refractivity contribution >= 4 is 33.9 Å². The quantitative estimate of drug-likeness (QED) is 0.226. The van der Waals surface area contributed by atoms with Crippen molar-refractivity contribution in [2.75, 3.05) is 16.0 Å². The molecule has 38 heavy (non-hydrogen) atoms. The van der Waals surface area contributed by atoms with Crippen LogP contribution in [0, 0.1) is 0 Å². The number of alkyl halides is 3. The van der Waals surface area contributed by atoms with Gasteiger partial charge in [0.2, 0.25) is 0 Å². The highest BCUT2D eigenvalue weighted by Gasteiger charge is 2.30. The maximum absolute atomic E-state index is 12.8. The Balaban J connectivity index is 1.14. The third-order valence-electron chi connectivity index (χ3n) is 5.87. The lowest BCUT2D eigenvalue weighted by Gasteiger charge is -2.11. The van der Waals surface area contributed by atoms with Gasteiger partial charge in [-0.2, -0.15) is 13.2 Å². The van der Waals surface area contributed by atoms with E-state index in [1.807, 2.05) is 18.3 Å². The Hall–Kier alpha value is -4.19. The molecule has 0 atom stereocenters. The minimum atomic E-state index is -4.51. The summed E-state index contributed by atoms with van der Waals surface area (Å²) in [5, 5.41) is 9.25. The summed E-state index contributed by atoms with van der Waals surface area (Å²) >= 11 is 1.61. The van der Waals surface area contributed by atoms with E-state index in [1.54, 1.807) is 23.5 Å². The van der Waals surface area contributed by atoms with Crippen LogP contribution in [0.3, 0.4) is 0 Å². The second-order valence-electron chi connectivity index (χ2n) is 8.69. The smallest absolute Gasteiger partial charge is 0.416 e. The van der Waals surface area contributed by atoms with Gasteiger partial charge in [-0.25, -0.2) is 19.7 Å². The van der Waals surface area contributed by atoms with Crippen LogP contribution < -0.4 is 20.7 Å². The van der Waals surface area contributed by atoms with Crippen LogP contribution in [0.5, 0.6) is 11.8 Å². The first-order valence-corrected chi connectivity index (χ1v) is 12.7. The zero-order chi connectivity index (χ0) is 26.5. The summed E-state index contributed by atoms with van der Waals surface area (Å²) in [6.07, 6.45) is 4.92. The second kappa shape index (κ2) is 11.1. The molecule has 2 heterocycles. The molecular formula is C26H23F3N6O2S. The van der Waals surface area contributed by atoms with E-state index in [1.165, 1.54) is 50.2 Å². The van der Waals surface area contributed by atoms with Crippen molar-refractivity contribution in [1.82, 2.24) is 15.0 Å². The third kappa shape index (κ3) is 6.57. The lowest BCUT2D eigenvalue weighted by molar-refractivity contribution is -0.137. The Morgan fingerprint density at radius 2 is 1.63 bits per heavy atom. The number of rotatable bonds is 7. The van der Waals surface area contributed by atoms with Gasteiger partial charge in [0.1, 0.15) is 5.75 Å². The number of hydrogen-bond acceptors (Lipinski definition) is 7. The average Bonchev–Trinajstić information content (AvgIpc) is 3.58. The molecule has 0 radical (unpaired) electrons. The molecule has 3 N–H and O–H groups in total. The first kappa shape index (κ1) is 25.5. The number of nitrogens with zero attached hydrogens (tertiary/aromatic N) is 3. The summed E-state index contributed by atoms with van der Waals surface area (Å²) in [5.41, 5.74) is 0.397. The van der Waals surface area contributed by atoms with Crippen LogP contribution in [0.4, 0.5) is 34.5 Å². The number of amides is 2. The van der Waals surface area contributed by atoms with E-state index in [-0.39, 0.29) is 17.4 Å². The lowest BCUT2D eigenvalue weighted by atomic mass is 10.2. The number of hydrogen-bond donors (Lipinski definition) is 3. The fourth-order valence-corrected chi connectivity index (χ4v) is 4.91. The molecule has 5 rings (SSSR count). The van der Waals surface area contributed by atoms with Gasteiger partial charge in [-0.05, 0) is 60.9 Å². The van der Waals surface area contributed by atoms with Crippen LogP contribution in [0.1, 0.15) is 31.2 Å². The number of urea groups is 1. The number of anilines is 3. The summed E-state index contributed by atoms with van der Waals surface area (Å²) in [4.78, 5) is 25.8. The Morgan fingerprint density at radius 1 is 0.921 bits per heavy atom. The highest BCUT2D eigenvalue weighted by Crippen LogP contribution is 2.33. The van der Waals surface area contributed by atoms with Gasteiger partial charge < -0.3 is 20.7 Å². The summed E-state index contributed by atoms with van der Waals surface area (Å²) in [6.45, 7) is 0. The molecule has 0 unspecified atom stereocenters. The third-order valence-corrected chi connectivity index (χ3v) is 6.85. The zero-order valence-electron chi connectivity index (χ0n) is 20.0. The zero-order valence-corrected chi connectivity index (χ0v) is 20.8. The van der Waals surface area contributed by atoms with Gasteiger partial charge in [-0.3, -0.25) is 0 Å². The molecule has 2 aromatic heterocycles. The first-order valence-electron chi connectivity index (χ1n) is 11.9. The summed E-state index contributed by atoms with van der Waals surface area (Å²) in [6, 6.07) is 11.6. The van der Waals surface area contributed by atoms with Crippen molar-refractivity contribution in [3.8, 4) is 22.2 Å². The van der Waals surface area contributed by atoms with E-state index >= 15 is 0 Å². The van der Waals surface area contributed by atoms with Crippen molar-refractivity contribution in [3.63, 3.8) is 0 Å². The van der Waals surface area contributed by atoms with E-state index in [4.69, 9.17) is 4.74 Å². The van der Waals surface area contributed by atoms with Crippen molar-refractivity contribution in [3.05, 3.63) is 72.7 Å². The second-order valence-corrected chi connectivity index (χ2v) is 9.72. The normalized spacial score (nSPS) is 13.8. The number of aromatic nitrogens is 3. The molecule has 1 fully saturated rings. The molecule has 4 aromatic rings. The van der Waals surface area contributed by atoms with Gasteiger partial charge in [0.25, 0.3) is 0 Å². The number of carbonyl (C=O) groups is 1. The Bertz CT molecular complexity index is 1390. The van der Waals surface area contributed by atoms with Crippen LogP contribution in [0.15, 0.2) is 67.1 Å². The van der Waals surface area contributed by atoms with Crippen LogP contribution in [0.2, 0.25) is 0 Å². The Kier molecular flexibility index (Phi) is 7.40. The molecule has 196 valence electrons. The molecule has 0 bridgehead atoms. The lowest BCUT2D eigenvalue weighted by Crippen LogP contribution is -2.20. The van der Waals surface area contributed by atoms with Crippen molar-refractivity contribution in [2.24, 2.45) is 0 Å². The van der Waals surface area contributed by atoms with Gasteiger partial charge in [-0.1, -0.05) is 30.2 Å². The Morgan fingerprint density at radius 3 is 2.34 bits per heavy atom. The number of benzene rings is 2. The van der Waals surface area contributed by atoms with E-state index in [0.717, 1.165) is 27.7 Å². The maximum Gasteiger partial charge on any atom is 0.416 e. The molecule has 1 aliphatic rings. The van der Waals surface area contributed by atoms with E-state index in [2.05, 4.69) is 30.9 Å². The number of halogens is 3. The number of thiazole rings is 1. The number of nitrogens with one attached hydrogen (secondary N) is 3.